The molecular formula is C22H25N3O3. The van der Waals surface area contributed by atoms with Gasteiger partial charge in [0.15, 0.2) is 0 Å². The van der Waals surface area contributed by atoms with Crippen LogP contribution in [0.3, 0.4) is 0 Å². The van der Waals surface area contributed by atoms with Crippen molar-refractivity contribution in [2.45, 2.75) is 51.1 Å². The van der Waals surface area contributed by atoms with Crippen LogP contribution < -0.4 is 5.32 Å². The van der Waals surface area contributed by atoms with E-state index in [-0.39, 0.29) is 11.6 Å². The highest BCUT2D eigenvalue weighted by Gasteiger charge is 2.37. The lowest BCUT2D eigenvalue weighted by molar-refractivity contribution is -0.384. The van der Waals surface area contributed by atoms with Crippen LogP contribution in [0, 0.1) is 17.0 Å². The van der Waals surface area contributed by atoms with E-state index in [9.17, 15) is 14.9 Å². The third kappa shape index (κ3) is 3.92. The average Bonchev–Trinajstić information content (AvgIpc) is 3.43. The molecule has 1 fully saturated rings. The molecule has 1 atom stereocenters. The van der Waals surface area contributed by atoms with Crippen molar-refractivity contribution < 1.29 is 9.72 Å². The highest BCUT2D eigenvalue weighted by atomic mass is 16.6. The van der Waals surface area contributed by atoms with Crippen LogP contribution in [0.25, 0.3) is 0 Å². The first-order valence-corrected chi connectivity index (χ1v) is 9.91. The molecule has 1 saturated carbocycles. The zero-order valence-corrected chi connectivity index (χ0v) is 16.1. The highest BCUT2D eigenvalue weighted by Crippen LogP contribution is 2.41. The number of benzene rings is 2. The predicted octanol–water partition coefficient (Wildman–Crippen LogP) is 4.38. The molecule has 0 saturated heterocycles. The number of carbonyl (C=O) groups excluding carboxylic acids is 1. The van der Waals surface area contributed by atoms with Crippen molar-refractivity contribution >= 4 is 17.3 Å². The molecule has 1 N–H and O–H groups in total. The lowest BCUT2D eigenvalue weighted by Crippen LogP contribution is -2.33. The number of fused-ring (bicyclic) bond motifs is 1. The second-order valence-corrected chi connectivity index (χ2v) is 7.78. The van der Waals surface area contributed by atoms with Gasteiger partial charge >= 0.3 is 0 Å². The van der Waals surface area contributed by atoms with Crippen LogP contribution in [0.2, 0.25) is 0 Å². The van der Waals surface area contributed by atoms with Crippen molar-refractivity contribution in [2.24, 2.45) is 0 Å². The summed E-state index contributed by atoms with van der Waals surface area (Å²) in [6, 6.07) is 14.1. The Kier molecular flexibility index (Phi) is 5.13. The third-order valence-electron chi connectivity index (χ3n) is 5.82. The number of rotatable bonds is 7. The SMILES string of the molecule is Cc1ccc([N+](=O)[O-])cc1NC(=O)CCN(C1CC1)C1CCc2ccccc21. The summed E-state index contributed by atoms with van der Waals surface area (Å²) in [5.74, 6) is -0.0967. The fourth-order valence-electron chi connectivity index (χ4n) is 4.18. The van der Waals surface area contributed by atoms with Crippen molar-refractivity contribution in [1.82, 2.24) is 4.90 Å². The van der Waals surface area contributed by atoms with E-state index < -0.39 is 4.92 Å². The minimum absolute atomic E-state index is 0.0110. The van der Waals surface area contributed by atoms with Crippen LogP contribution in [0.5, 0.6) is 0 Å². The van der Waals surface area contributed by atoms with Crippen molar-refractivity contribution in [1.29, 1.82) is 0 Å². The largest absolute Gasteiger partial charge is 0.326 e. The Morgan fingerprint density at radius 1 is 1.21 bits per heavy atom. The van der Waals surface area contributed by atoms with Gasteiger partial charge in [0, 0.05) is 37.2 Å². The monoisotopic (exact) mass is 379 g/mol. The minimum atomic E-state index is -0.443. The van der Waals surface area contributed by atoms with E-state index in [0.717, 1.165) is 18.4 Å². The van der Waals surface area contributed by atoms with Crippen LogP contribution in [0.4, 0.5) is 11.4 Å². The molecule has 2 aliphatic rings. The second kappa shape index (κ2) is 7.72. The first kappa shape index (κ1) is 18.6. The molecule has 0 heterocycles. The quantitative estimate of drug-likeness (QED) is 0.572. The van der Waals surface area contributed by atoms with E-state index >= 15 is 0 Å². The maximum absolute atomic E-state index is 12.5. The Labute approximate surface area is 164 Å². The lowest BCUT2D eigenvalue weighted by Gasteiger charge is -2.29. The molecule has 1 amide bonds. The minimum Gasteiger partial charge on any atom is -0.326 e. The fraction of sp³-hybridized carbons (Fsp3) is 0.409. The normalized spacial score (nSPS) is 18.1. The summed E-state index contributed by atoms with van der Waals surface area (Å²) >= 11 is 0. The lowest BCUT2D eigenvalue weighted by atomic mass is 10.1. The summed E-state index contributed by atoms with van der Waals surface area (Å²) in [7, 11) is 0. The summed E-state index contributed by atoms with van der Waals surface area (Å²) in [6.45, 7) is 2.55. The topological polar surface area (TPSA) is 75.5 Å². The Bertz CT molecular complexity index is 908. The number of carbonyl (C=O) groups is 1. The van der Waals surface area contributed by atoms with Gasteiger partial charge in [-0.25, -0.2) is 0 Å². The van der Waals surface area contributed by atoms with Crippen LogP contribution in [-0.4, -0.2) is 28.3 Å². The molecule has 0 spiro atoms. The zero-order valence-electron chi connectivity index (χ0n) is 16.1. The van der Waals surface area contributed by atoms with E-state index in [1.165, 1.54) is 36.1 Å². The molecule has 4 rings (SSSR count). The number of hydrogen-bond acceptors (Lipinski definition) is 4. The summed E-state index contributed by atoms with van der Waals surface area (Å²) in [6.07, 6.45) is 5.00. The number of nitrogens with one attached hydrogen (secondary N) is 1. The van der Waals surface area contributed by atoms with Gasteiger partial charge in [-0.2, -0.15) is 0 Å². The van der Waals surface area contributed by atoms with Crippen molar-refractivity contribution in [3.63, 3.8) is 0 Å². The van der Waals surface area contributed by atoms with Gasteiger partial charge in [0.2, 0.25) is 5.91 Å². The van der Waals surface area contributed by atoms with Crippen molar-refractivity contribution in [2.75, 3.05) is 11.9 Å². The standard InChI is InChI=1S/C22H25N3O3/c1-15-6-8-18(25(27)28)14-20(15)23-22(26)12-13-24(17-9-10-17)21-11-7-16-4-2-3-5-19(16)21/h2-6,8,14,17,21H,7,9-13H2,1H3,(H,23,26). The molecule has 6 nitrogen and oxygen atoms in total. The molecule has 6 heteroatoms. The molecular weight excluding hydrogens is 354 g/mol. The van der Waals surface area contributed by atoms with Crippen LogP contribution >= 0.6 is 0 Å². The number of non-ortho nitro benzene ring substituents is 1. The molecule has 146 valence electrons. The Morgan fingerprint density at radius 3 is 2.75 bits per heavy atom. The number of nitro benzene ring substituents is 1. The number of nitrogens with zero attached hydrogens (tertiary/aromatic N) is 2. The number of hydrogen-bond donors (Lipinski definition) is 1. The maximum atomic E-state index is 12.5. The summed E-state index contributed by atoms with van der Waals surface area (Å²) in [5.41, 5.74) is 4.16. The Morgan fingerprint density at radius 2 is 2.00 bits per heavy atom. The summed E-state index contributed by atoms with van der Waals surface area (Å²) in [5, 5.41) is 13.8. The van der Waals surface area contributed by atoms with Crippen LogP contribution in [0.15, 0.2) is 42.5 Å². The molecule has 2 aliphatic carbocycles. The van der Waals surface area contributed by atoms with Gasteiger partial charge in [-0.3, -0.25) is 19.8 Å². The number of anilines is 1. The Balaban J connectivity index is 1.41. The summed E-state index contributed by atoms with van der Waals surface area (Å²) in [4.78, 5) is 25.6. The number of aryl methyl sites for hydroxylation is 2. The summed E-state index contributed by atoms with van der Waals surface area (Å²) < 4.78 is 0. The first-order valence-electron chi connectivity index (χ1n) is 9.91. The van der Waals surface area contributed by atoms with Crippen molar-refractivity contribution in [3.05, 3.63) is 69.3 Å². The van der Waals surface area contributed by atoms with Crippen LogP contribution in [0.1, 0.15) is 48.4 Å². The van der Waals surface area contributed by atoms with Gasteiger partial charge in [0.25, 0.3) is 5.69 Å². The van der Waals surface area contributed by atoms with Gasteiger partial charge < -0.3 is 5.32 Å². The van der Waals surface area contributed by atoms with E-state index in [4.69, 9.17) is 0 Å². The Hall–Kier alpha value is -2.73. The van der Waals surface area contributed by atoms with E-state index in [1.54, 1.807) is 6.07 Å². The smallest absolute Gasteiger partial charge is 0.271 e. The predicted molar refractivity (Wildman–Crippen MR) is 108 cm³/mol. The first-order chi connectivity index (χ1) is 13.5. The van der Waals surface area contributed by atoms with Gasteiger partial charge in [-0.1, -0.05) is 30.3 Å². The van der Waals surface area contributed by atoms with E-state index in [2.05, 4.69) is 34.5 Å². The van der Waals surface area contributed by atoms with Crippen LogP contribution in [-0.2, 0) is 11.2 Å². The van der Waals surface area contributed by atoms with Crippen molar-refractivity contribution in [3.8, 4) is 0 Å². The van der Waals surface area contributed by atoms with E-state index in [1.807, 2.05) is 6.92 Å². The number of amides is 1. The third-order valence-corrected chi connectivity index (χ3v) is 5.82. The molecule has 0 aromatic heterocycles. The zero-order chi connectivity index (χ0) is 19.7. The molecule has 0 bridgehead atoms. The molecule has 1 unspecified atom stereocenters. The van der Waals surface area contributed by atoms with Gasteiger partial charge in [-0.05, 0) is 49.3 Å². The van der Waals surface area contributed by atoms with E-state index in [0.29, 0.717) is 30.7 Å². The number of nitro groups is 1. The average molecular weight is 379 g/mol. The van der Waals surface area contributed by atoms with Gasteiger partial charge in [0.1, 0.15) is 0 Å². The molecule has 2 aromatic rings. The highest BCUT2D eigenvalue weighted by molar-refractivity contribution is 5.92. The van der Waals surface area contributed by atoms with Gasteiger partial charge in [-0.15, -0.1) is 0 Å². The fourth-order valence-corrected chi connectivity index (χ4v) is 4.18. The van der Waals surface area contributed by atoms with Gasteiger partial charge in [0.05, 0.1) is 10.6 Å². The molecule has 0 aliphatic heterocycles. The molecule has 28 heavy (non-hydrogen) atoms. The second-order valence-electron chi connectivity index (χ2n) is 7.78. The maximum Gasteiger partial charge on any atom is 0.271 e. The molecule has 2 aromatic carbocycles. The molecule has 0 radical (unpaired) electrons.